The molecular weight excluding hydrogens is 398 g/mol. The average Bonchev–Trinajstić information content (AvgIpc) is 3.11. The summed E-state index contributed by atoms with van der Waals surface area (Å²) in [5.41, 5.74) is 6.68. The van der Waals surface area contributed by atoms with Crippen LogP contribution >= 0.6 is 11.8 Å². The molecule has 9 heteroatoms. The number of hydrazone groups is 1. The van der Waals surface area contributed by atoms with E-state index in [1.54, 1.807) is 7.05 Å². The Labute approximate surface area is 174 Å². The SMILES string of the molecule is C/C=C\C=C(/C)C1(CCCN)SC(c2cc(F)ccc2F)=NN1C(O)N(C)OC. The van der Waals surface area contributed by atoms with Crippen LogP contribution in [0.1, 0.15) is 32.3 Å². The molecule has 29 heavy (non-hydrogen) atoms. The Morgan fingerprint density at radius 1 is 1.48 bits per heavy atom. The molecule has 0 spiro atoms. The molecular formula is C20H28F2N4O2S. The van der Waals surface area contributed by atoms with Crippen LogP contribution in [0.15, 0.2) is 47.1 Å². The van der Waals surface area contributed by atoms with Gasteiger partial charge in [0.1, 0.15) is 21.5 Å². The van der Waals surface area contributed by atoms with Gasteiger partial charge in [0.15, 0.2) is 0 Å². The summed E-state index contributed by atoms with van der Waals surface area (Å²) in [6.45, 7) is 4.25. The molecule has 0 amide bonds. The maximum absolute atomic E-state index is 14.5. The number of hydroxylamine groups is 2. The zero-order chi connectivity index (χ0) is 21.6. The molecule has 1 aliphatic rings. The van der Waals surface area contributed by atoms with Gasteiger partial charge in [-0.3, -0.25) is 4.84 Å². The smallest absolute Gasteiger partial charge is 0.225 e. The van der Waals surface area contributed by atoms with Gasteiger partial charge in [-0.15, -0.1) is 5.06 Å². The third kappa shape index (κ3) is 5.04. The van der Waals surface area contributed by atoms with Gasteiger partial charge in [-0.2, -0.15) is 5.10 Å². The van der Waals surface area contributed by atoms with Crippen LogP contribution in [0.5, 0.6) is 0 Å². The normalized spacial score (nSPS) is 21.3. The summed E-state index contributed by atoms with van der Waals surface area (Å²) in [7, 11) is 2.98. The summed E-state index contributed by atoms with van der Waals surface area (Å²) in [6, 6.07) is 3.23. The van der Waals surface area contributed by atoms with Gasteiger partial charge < -0.3 is 10.8 Å². The van der Waals surface area contributed by atoms with Crippen LogP contribution in [0, 0.1) is 11.6 Å². The van der Waals surface area contributed by atoms with Crippen molar-refractivity contribution < 1.29 is 18.7 Å². The lowest BCUT2D eigenvalue weighted by Crippen LogP contribution is -2.53. The predicted molar refractivity (Wildman–Crippen MR) is 113 cm³/mol. The number of benzene rings is 1. The summed E-state index contributed by atoms with van der Waals surface area (Å²) in [5.74, 6) is -1.15. The minimum absolute atomic E-state index is 0.0423. The van der Waals surface area contributed by atoms with Crippen LogP contribution in [-0.2, 0) is 4.84 Å². The zero-order valence-electron chi connectivity index (χ0n) is 17.1. The molecule has 1 heterocycles. The van der Waals surface area contributed by atoms with Crippen molar-refractivity contribution in [2.24, 2.45) is 10.8 Å². The lowest BCUT2D eigenvalue weighted by molar-refractivity contribution is -0.261. The van der Waals surface area contributed by atoms with Crippen molar-refractivity contribution in [3.63, 3.8) is 0 Å². The standard InChI is InChI=1S/C20H28F2N4O2S/c1-5-6-8-14(2)20(11-7-12-23)26(19(27)25(3)28-4)24-18(29-20)16-13-15(21)9-10-17(16)22/h5-6,8-10,13,19,27H,7,11-12,23H2,1-4H3/b6-5-,14-8+. The molecule has 1 aliphatic heterocycles. The lowest BCUT2D eigenvalue weighted by Gasteiger charge is -2.42. The van der Waals surface area contributed by atoms with Crippen LogP contribution < -0.4 is 5.73 Å². The number of allylic oxidation sites excluding steroid dienone is 3. The number of halogens is 2. The summed E-state index contributed by atoms with van der Waals surface area (Å²) >= 11 is 1.27. The van der Waals surface area contributed by atoms with E-state index >= 15 is 0 Å². The molecule has 1 aromatic rings. The van der Waals surface area contributed by atoms with Gasteiger partial charge in [0, 0.05) is 12.6 Å². The topological polar surface area (TPSA) is 74.3 Å². The summed E-state index contributed by atoms with van der Waals surface area (Å²) in [4.78, 5) is 4.29. The quantitative estimate of drug-likeness (QED) is 0.358. The molecule has 0 aliphatic carbocycles. The van der Waals surface area contributed by atoms with E-state index in [4.69, 9.17) is 10.6 Å². The van der Waals surface area contributed by atoms with Crippen molar-refractivity contribution in [2.45, 2.75) is 37.9 Å². The van der Waals surface area contributed by atoms with Gasteiger partial charge in [-0.25, -0.2) is 13.8 Å². The van der Waals surface area contributed by atoms with Gasteiger partial charge in [-0.05, 0) is 57.0 Å². The number of aliphatic hydroxyl groups is 1. The highest BCUT2D eigenvalue weighted by Gasteiger charge is 2.49. The van der Waals surface area contributed by atoms with E-state index in [1.807, 2.05) is 32.1 Å². The largest absolute Gasteiger partial charge is 0.358 e. The first-order chi connectivity index (χ1) is 13.8. The van der Waals surface area contributed by atoms with Crippen molar-refractivity contribution in [3.8, 4) is 0 Å². The second-order valence-corrected chi connectivity index (χ2v) is 7.87. The fourth-order valence-corrected chi connectivity index (χ4v) is 4.42. The van der Waals surface area contributed by atoms with E-state index in [2.05, 4.69) is 5.10 Å². The maximum Gasteiger partial charge on any atom is 0.225 e. The van der Waals surface area contributed by atoms with Crippen LogP contribution in [0.4, 0.5) is 8.78 Å². The Hall–Kier alpha value is -1.78. The number of hydrogen-bond acceptors (Lipinski definition) is 7. The van der Waals surface area contributed by atoms with Crippen molar-refractivity contribution >= 4 is 16.8 Å². The summed E-state index contributed by atoms with van der Waals surface area (Å²) in [5, 5.41) is 18.3. The Balaban J connectivity index is 2.61. The summed E-state index contributed by atoms with van der Waals surface area (Å²) in [6.07, 6.45) is 5.60. The molecule has 0 radical (unpaired) electrons. The van der Waals surface area contributed by atoms with Crippen LogP contribution in [0.2, 0.25) is 0 Å². The van der Waals surface area contributed by atoms with Crippen LogP contribution in [0.25, 0.3) is 0 Å². The average molecular weight is 427 g/mol. The zero-order valence-corrected chi connectivity index (χ0v) is 17.9. The minimum atomic E-state index is -1.26. The first-order valence-electron chi connectivity index (χ1n) is 9.28. The highest BCUT2D eigenvalue weighted by molar-refractivity contribution is 8.16. The van der Waals surface area contributed by atoms with Gasteiger partial charge in [0.2, 0.25) is 6.35 Å². The van der Waals surface area contributed by atoms with E-state index in [9.17, 15) is 13.9 Å². The van der Waals surface area contributed by atoms with Gasteiger partial charge >= 0.3 is 0 Å². The maximum atomic E-state index is 14.5. The molecule has 1 aromatic carbocycles. The Kier molecular flexibility index (Phi) is 8.35. The molecule has 3 N–H and O–H groups in total. The fraction of sp³-hybridized carbons (Fsp3) is 0.450. The summed E-state index contributed by atoms with van der Waals surface area (Å²) < 4.78 is 28.3. The monoisotopic (exact) mass is 426 g/mol. The van der Waals surface area contributed by atoms with E-state index in [0.717, 1.165) is 23.8 Å². The minimum Gasteiger partial charge on any atom is -0.358 e. The molecule has 2 atom stereocenters. The third-order valence-electron chi connectivity index (χ3n) is 4.70. The Morgan fingerprint density at radius 2 is 2.21 bits per heavy atom. The molecule has 2 rings (SSSR count). The number of rotatable bonds is 9. The van der Waals surface area contributed by atoms with E-state index < -0.39 is 22.9 Å². The third-order valence-corrected chi connectivity index (χ3v) is 6.25. The van der Waals surface area contributed by atoms with Crippen molar-refractivity contribution in [3.05, 3.63) is 59.2 Å². The van der Waals surface area contributed by atoms with Crippen molar-refractivity contribution in [1.29, 1.82) is 0 Å². The van der Waals surface area contributed by atoms with E-state index in [1.165, 1.54) is 28.9 Å². The van der Waals surface area contributed by atoms with Crippen LogP contribution in [-0.4, -0.2) is 52.1 Å². The number of thioether (sulfide) groups is 1. The molecule has 160 valence electrons. The molecule has 0 fully saturated rings. The van der Waals surface area contributed by atoms with Gasteiger partial charge in [0.05, 0.1) is 7.11 Å². The fourth-order valence-electron chi connectivity index (χ4n) is 3.00. The van der Waals surface area contributed by atoms with Gasteiger partial charge in [0.25, 0.3) is 0 Å². The number of nitrogens with zero attached hydrogens (tertiary/aromatic N) is 3. The van der Waals surface area contributed by atoms with Gasteiger partial charge in [-0.1, -0.05) is 30.0 Å². The molecule has 0 saturated heterocycles. The molecule has 2 unspecified atom stereocenters. The molecule has 6 nitrogen and oxygen atoms in total. The van der Waals surface area contributed by atoms with E-state index in [0.29, 0.717) is 19.4 Å². The highest BCUT2D eigenvalue weighted by Crippen LogP contribution is 2.48. The highest BCUT2D eigenvalue weighted by atomic mass is 32.2. The number of aliphatic hydroxyl groups excluding tert-OH is 1. The molecule has 0 bridgehead atoms. The Bertz CT molecular complexity index is 803. The van der Waals surface area contributed by atoms with E-state index in [-0.39, 0.29) is 10.6 Å². The predicted octanol–water partition coefficient (Wildman–Crippen LogP) is 3.40. The second kappa shape index (κ2) is 10.3. The number of nitrogens with two attached hydrogens (primary N) is 1. The first kappa shape index (κ1) is 23.5. The Morgan fingerprint density at radius 3 is 2.83 bits per heavy atom. The first-order valence-corrected chi connectivity index (χ1v) is 10.1. The molecule has 0 saturated carbocycles. The lowest BCUT2D eigenvalue weighted by atomic mass is 10.0. The molecule has 0 aromatic heterocycles. The number of hydrogen-bond donors (Lipinski definition) is 2. The van der Waals surface area contributed by atoms with Crippen molar-refractivity contribution in [1.82, 2.24) is 10.1 Å². The van der Waals surface area contributed by atoms with Crippen molar-refractivity contribution in [2.75, 3.05) is 20.7 Å². The second-order valence-electron chi connectivity index (χ2n) is 6.60. The van der Waals surface area contributed by atoms with Crippen LogP contribution in [0.3, 0.4) is 0 Å².